The van der Waals surface area contributed by atoms with E-state index in [4.69, 9.17) is 19.2 Å². The van der Waals surface area contributed by atoms with Crippen molar-refractivity contribution in [2.75, 3.05) is 79.4 Å². The van der Waals surface area contributed by atoms with Gasteiger partial charge in [-0.05, 0) is 31.0 Å². The molecule has 2 atom stereocenters. The van der Waals surface area contributed by atoms with Gasteiger partial charge in [-0.2, -0.15) is 0 Å². The van der Waals surface area contributed by atoms with Crippen LogP contribution in [-0.4, -0.2) is 95.2 Å². The second-order valence-electron chi connectivity index (χ2n) is 8.08. The van der Waals surface area contributed by atoms with Crippen molar-refractivity contribution in [3.63, 3.8) is 0 Å². The Hall–Kier alpha value is -1.01. The van der Waals surface area contributed by atoms with Crippen LogP contribution in [0.1, 0.15) is 24.9 Å². The highest BCUT2D eigenvalue weighted by Gasteiger charge is 2.27. The number of hydrogen-bond acceptors (Lipinski definition) is 5. The maximum absolute atomic E-state index is 13.5. The zero-order valence-electron chi connectivity index (χ0n) is 19.3. The summed E-state index contributed by atoms with van der Waals surface area (Å²) in [6.07, 6.45) is 1.10. The first-order valence-corrected chi connectivity index (χ1v) is 11.4. The van der Waals surface area contributed by atoms with E-state index in [9.17, 15) is 4.39 Å². The molecule has 0 saturated carbocycles. The molecule has 32 heavy (non-hydrogen) atoms. The Kier molecular flexibility index (Phi) is 12.8. The molecule has 0 amide bonds. The van der Waals surface area contributed by atoms with Crippen molar-refractivity contribution in [3.05, 3.63) is 35.6 Å². The molecule has 0 spiro atoms. The highest BCUT2D eigenvalue weighted by molar-refractivity contribution is 14.0. The summed E-state index contributed by atoms with van der Waals surface area (Å²) in [5.41, 5.74) is 1.09. The molecule has 1 aromatic rings. The van der Waals surface area contributed by atoms with Gasteiger partial charge < -0.3 is 24.4 Å². The van der Waals surface area contributed by atoms with E-state index in [1.807, 2.05) is 12.1 Å². The Morgan fingerprint density at radius 2 is 1.97 bits per heavy atom. The average Bonchev–Trinajstić information content (AvgIpc) is 3.27. The van der Waals surface area contributed by atoms with E-state index < -0.39 is 0 Å². The van der Waals surface area contributed by atoms with Crippen LogP contribution in [0.2, 0.25) is 0 Å². The van der Waals surface area contributed by atoms with E-state index >= 15 is 0 Å². The SMILES string of the molecule is CCNC(=NCC(c1ccc(F)cc1)N1CCOCC1)N1CCC(COCCOC)C1.I. The third-order valence-corrected chi connectivity index (χ3v) is 5.86. The van der Waals surface area contributed by atoms with Gasteiger partial charge in [0.1, 0.15) is 5.82 Å². The zero-order chi connectivity index (χ0) is 21.9. The predicted molar refractivity (Wildman–Crippen MR) is 135 cm³/mol. The van der Waals surface area contributed by atoms with E-state index in [0.717, 1.165) is 70.5 Å². The summed E-state index contributed by atoms with van der Waals surface area (Å²) < 4.78 is 29.8. The van der Waals surface area contributed by atoms with Gasteiger partial charge in [-0.25, -0.2) is 4.39 Å². The van der Waals surface area contributed by atoms with Gasteiger partial charge in [0.25, 0.3) is 0 Å². The van der Waals surface area contributed by atoms with E-state index in [0.29, 0.717) is 25.7 Å². The minimum atomic E-state index is -0.211. The number of likely N-dealkylation sites (tertiary alicyclic amines) is 1. The molecule has 2 aliphatic heterocycles. The lowest BCUT2D eigenvalue weighted by Crippen LogP contribution is -2.43. The van der Waals surface area contributed by atoms with E-state index in [1.54, 1.807) is 7.11 Å². The molecule has 1 N–H and O–H groups in total. The van der Waals surface area contributed by atoms with Gasteiger partial charge in [0.05, 0.1) is 45.6 Å². The number of methoxy groups -OCH3 is 1. The highest BCUT2D eigenvalue weighted by Crippen LogP contribution is 2.23. The topological polar surface area (TPSA) is 58.6 Å². The fourth-order valence-electron chi connectivity index (χ4n) is 4.16. The molecule has 2 aliphatic rings. The van der Waals surface area contributed by atoms with Crippen LogP contribution >= 0.6 is 24.0 Å². The van der Waals surface area contributed by atoms with Crippen LogP contribution in [0.4, 0.5) is 4.39 Å². The quantitative estimate of drug-likeness (QED) is 0.204. The summed E-state index contributed by atoms with van der Waals surface area (Å²) in [6.45, 7) is 10.6. The largest absolute Gasteiger partial charge is 0.382 e. The standard InChI is InChI=1S/C23H37FN4O3.HI/c1-3-25-23(28-9-8-19(17-28)18-31-15-14-29-2)26-16-22(27-10-12-30-13-11-27)20-4-6-21(24)7-5-20;/h4-7,19,22H,3,8-18H2,1-2H3,(H,25,26);1H. The Balaban J connectivity index is 0.00000363. The molecular formula is C23H38FIN4O3. The lowest BCUT2D eigenvalue weighted by molar-refractivity contribution is 0.0179. The van der Waals surface area contributed by atoms with Crippen LogP contribution in [-0.2, 0) is 14.2 Å². The molecule has 3 rings (SSSR count). The number of nitrogens with zero attached hydrogens (tertiary/aromatic N) is 3. The van der Waals surface area contributed by atoms with Gasteiger partial charge >= 0.3 is 0 Å². The number of benzene rings is 1. The van der Waals surface area contributed by atoms with Crippen LogP contribution in [0.5, 0.6) is 0 Å². The fourth-order valence-corrected chi connectivity index (χ4v) is 4.16. The highest BCUT2D eigenvalue weighted by atomic mass is 127. The lowest BCUT2D eigenvalue weighted by atomic mass is 10.0. The number of rotatable bonds is 10. The van der Waals surface area contributed by atoms with Crippen LogP contribution in [0, 0.1) is 11.7 Å². The van der Waals surface area contributed by atoms with Crippen LogP contribution in [0.25, 0.3) is 0 Å². The Morgan fingerprint density at radius 1 is 1.22 bits per heavy atom. The van der Waals surface area contributed by atoms with Crippen LogP contribution in [0.3, 0.4) is 0 Å². The first-order chi connectivity index (χ1) is 15.2. The number of hydrogen-bond donors (Lipinski definition) is 1. The molecule has 2 fully saturated rings. The number of morpholine rings is 1. The second kappa shape index (κ2) is 15.0. The number of aliphatic imine (C=N–C) groups is 1. The van der Waals surface area contributed by atoms with Crippen molar-refractivity contribution >= 4 is 29.9 Å². The molecule has 1 aromatic carbocycles. The Labute approximate surface area is 208 Å². The molecule has 2 unspecified atom stereocenters. The average molecular weight is 564 g/mol. The molecule has 182 valence electrons. The minimum absolute atomic E-state index is 0. The summed E-state index contributed by atoms with van der Waals surface area (Å²) in [5.74, 6) is 1.24. The van der Waals surface area contributed by atoms with Crippen molar-refractivity contribution in [2.24, 2.45) is 10.9 Å². The van der Waals surface area contributed by atoms with Gasteiger partial charge in [-0.3, -0.25) is 9.89 Å². The summed E-state index contributed by atoms with van der Waals surface area (Å²) in [6, 6.07) is 6.93. The third kappa shape index (κ3) is 8.40. The third-order valence-electron chi connectivity index (χ3n) is 5.86. The van der Waals surface area contributed by atoms with Crippen molar-refractivity contribution < 1.29 is 18.6 Å². The monoisotopic (exact) mass is 564 g/mol. The van der Waals surface area contributed by atoms with Gasteiger partial charge in [0, 0.05) is 45.8 Å². The van der Waals surface area contributed by atoms with E-state index in [1.165, 1.54) is 12.1 Å². The molecule has 9 heteroatoms. The van der Waals surface area contributed by atoms with Gasteiger partial charge in [0.2, 0.25) is 0 Å². The molecule has 0 radical (unpaired) electrons. The van der Waals surface area contributed by atoms with Crippen LogP contribution < -0.4 is 5.32 Å². The maximum Gasteiger partial charge on any atom is 0.193 e. The van der Waals surface area contributed by atoms with Crippen molar-refractivity contribution in [2.45, 2.75) is 19.4 Å². The van der Waals surface area contributed by atoms with Gasteiger partial charge in [-0.1, -0.05) is 12.1 Å². The summed E-state index contributed by atoms with van der Waals surface area (Å²) in [5, 5.41) is 3.45. The van der Waals surface area contributed by atoms with Gasteiger partial charge in [0.15, 0.2) is 5.96 Å². The predicted octanol–water partition coefficient (Wildman–Crippen LogP) is 2.77. The minimum Gasteiger partial charge on any atom is -0.382 e. The van der Waals surface area contributed by atoms with Crippen molar-refractivity contribution in [1.29, 1.82) is 0 Å². The van der Waals surface area contributed by atoms with E-state index in [2.05, 4.69) is 22.0 Å². The number of ether oxygens (including phenoxy) is 3. The van der Waals surface area contributed by atoms with E-state index in [-0.39, 0.29) is 35.8 Å². The molecular weight excluding hydrogens is 526 g/mol. The Bertz CT molecular complexity index is 674. The zero-order valence-corrected chi connectivity index (χ0v) is 21.6. The molecule has 2 saturated heterocycles. The van der Waals surface area contributed by atoms with Crippen LogP contribution in [0.15, 0.2) is 29.3 Å². The van der Waals surface area contributed by atoms with Gasteiger partial charge in [-0.15, -0.1) is 24.0 Å². The molecule has 0 aliphatic carbocycles. The Morgan fingerprint density at radius 3 is 2.66 bits per heavy atom. The van der Waals surface area contributed by atoms with Crippen molar-refractivity contribution in [3.8, 4) is 0 Å². The number of halogens is 2. The first-order valence-electron chi connectivity index (χ1n) is 11.4. The number of nitrogens with one attached hydrogen (secondary N) is 1. The molecule has 0 aromatic heterocycles. The summed E-state index contributed by atoms with van der Waals surface area (Å²) in [4.78, 5) is 9.73. The summed E-state index contributed by atoms with van der Waals surface area (Å²) in [7, 11) is 1.69. The molecule has 2 heterocycles. The summed E-state index contributed by atoms with van der Waals surface area (Å²) >= 11 is 0. The maximum atomic E-state index is 13.5. The fraction of sp³-hybridized carbons (Fsp3) is 0.696. The molecule has 7 nitrogen and oxygen atoms in total. The van der Waals surface area contributed by atoms with Crippen molar-refractivity contribution in [1.82, 2.24) is 15.1 Å². The normalized spacial score (nSPS) is 20.8. The number of guanidine groups is 1. The smallest absolute Gasteiger partial charge is 0.193 e. The molecule has 0 bridgehead atoms. The second-order valence-corrected chi connectivity index (χ2v) is 8.08. The lowest BCUT2D eigenvalue weighted by Gasteiger charge is -2.34. The first kappa shape index (κ1) is 27.2.